The minimum absolute atomic E-state index is 0.0135. The van der Waals surface area contributed by atoms with E-state index in [1.165, 1.54) is 26.0 Å². The molecule has 3 N–H and O–H groups in total. The van der Waals surface area contributed by atoms with Crippen LogP contribution in [-0.4, -0.2) is 7.11 Å². The zero-order valence-corrected chi connectivity index (χ0v) is 11.0. The second-order valence-electron chi connectivity index (χ2n) is 5.35. The normalized spacial score (nSPS) is 19.8. The molecule has 0 aromatic heterocycles. The lowest BCUT2D eigenvalue weighted by molar-refractivity contribution is 0.224. The first-order chi connectivity index (χ1) is 8.60. The summed E-state index contributed by atoms with van der Waals surface area (Å²) in [5.74, 6) is 5.62. The van der Waals surface area contributed by atoms with E-state index in [9.17, 15) is 4.39 Å². The Balaban J connectivity index is 2.30. The van der Waals surface area contributed by atoms with E-state index in [0.717, 1.165) is 18.4 Å². The molecule has 0 spiro atoms. The molecule has 1 aromatic rings. The lowest BCUT2D eigenvalue weighted by atomic mass is 9.77. The van der Waals surface area contributed by atoms with Gasteiger partial charge in [0.25, 0.3) is 0 Å². The van der Waals surface area contributed by atoms with Gasteiger partial charge in [0.2, 0.25) is 0 Å². The lowest BCUT2D eigenvalue weighted by Crippen LogP contribution is -2.38. The van der Waals surface area contributed by atoms with Crippen LogP contribution in [0.15, 0.2) is 18.2 Å². The maximum atomic E-state index is 13.8. The molecule has 0 aliphatic heterocycles. The van der Waals surface area contributed by atoms with Crippen LogP contribution in [0, 0.1) is 11.2 Å². The standard InChI is InChI=1S/C14H21FN2O/c1-14(7-3-4-8-14)13(17-16)10-5-6-12(18-2)11(15)9-10/h5-6,9,13,17H,3-4,7-8,16H2,1-2H3. The van der Waals surface area contributed by atoms with Crippen molar-refractivity contribution in [3.8, 4) is 5.75 Å². The number of methoxy groups -OCH3 is 1. The molecular formula is C14H21FN2O. The third-order valence-electron chi connectivity index (χ3n) is 4.12. The largest absolute Gasteiger partial charge is 0.494 e. The van der Waals surface area contributed by atoms with Crippen LogP contribution in [-0.2, 0) is 0 Å². The Kier molecular flexibility index (Phi) is 3.88. The molecule has 0 heterocycles. The van der Waals surface area contributed by atoms with E-state index in [2.05, 4.69) is 12.3 Å². The van der Waals surface area contributed by atoms with Gasteiger partial charge in [-0.15, -0.1) is 0 Å². The second kappa shape index (κ2) is 5.24. The fourth-order valence-corrected chi connectivity index (χ4v) is 3.03. The summed E-state index contributed by atoms with van der Waals surface area (Å²) in [6.07, 6.45) is 4.67. The molecular weight excluding hydrogens is 231 g/mol. The number of nitrogens with one attached hydrogen (secondary N) is 1. The number of hydrogen-bond donors (Lipinski definition) is 2. The number of benzene rings is 1. The zero-order chi connectivity index (χ0) is 13.2. The Morgan fingerprint density at radius 3 is 2.56 bits per heavy atom. The van der Waals surface area contributed by atoms with Crippen molar-refractivity contribution >= 4 is 0 Å². The average Bonchev–Trinajstić information content (AvgIpc) is 2.78. The monoisotopic (exact) mass is 252 g/mol. The van der Waals surface area contributed by atoms with Gasteiger partial charge < -0.3 is 4.74 Å². The third-order valence-corrected chi connectivity index (χ3v) is 4.12. The minimum atomic E-state index is -0.336. The molecule has 100 valence electrons. The molecule has 1 aromatic carbocycles. The van der Waals surface area contributed by atoms with Crippen LogP contribution in [0.2, 0.25) is 0 Å². The summed E-state index contributed by atoms with van der Waals surface area (Å²) in [6, 6.07) is 5.05. The lowest BCUT2D eigenvalue weighted by Gasteiger charge is -2.34. The number of hydrazine groups is 1. The van der Waals surface area contributed by atoms with Gasteiger partial charge in [-0.1, -0.05) is 25.8 Å². The Morgan fingerprint density at radius 2 is 2.06 bits per heavy atom. The molecule has 1 aliphatic carbocycles. The van der Waals surface area contributed by atoms with Crippen molar-refractivity contribution in [2.75, 3.05) is 7.11 Å². The number of hydrogen-bond acceptors (Lipinski definition) is 3. The highest BCUT2D eigenvalue weighted by molar-refractivity contribution is 5.32. The summed E-state index contributed by atoms with van der Waals surface area (Å²) < 4.78 is 18.7. The Hall–Kier alpha value is -1.13. The van der Waals surface area contributed by atoms with E-state index < -0.39 is 0 Å². The summed E-state index contributed by atoms with van der Waals surface area (Å²) in [6.45, 7) is 2.21. The highest BCUT2D eigenvalue weighted by atomic mass is 19.1. The van der Waals surface area contributed by atoms with Crippen LogP contribution >= 0.6 is 0 Å². The summed E-state index contributed by atoms with van der Waals surface area (Å²) in [5, 5.41) is 0. The summed E-state index contributed by atoms with van der Waals surface area (Å²) in [5.41, 5.74) is 3.85. The highest BCUT2D eigenvalue weighted by Gasteiger charge is 2.37. The van der Waals surface area contributed by atoms with Gasteiger partial charge in [-0.25, -0.2) is 4.39 Å². The second-order valence-corrected chi connectivity index (χ2v) is 5.35. The molecule has 3 nitrogen and oxygen atoms in total. The maximum absolute atomic E-state index is 13.8. The fourth-order valence-electron chi connectivity index (χ4n) is 3.03. The van der Waals surface area contributed by atoms with E-state index >= 15 is 0 Å². The van der Waals surface area contributed by atoms with Crippen molar-refractivity contribution in [3.05, 3.63) is 29.6 Å². The van der Waals surface area contributed by atoms with E-state index in [4.69, 9.17) is 10.6 Å². The summed E-state index contributed by atoms with van der Waals surface area (Å²) >= 11 is 0. The molecule has 0 radical (unpaired) electrons. The Morgan fingerprint density at radius 1 is 1.39 bits per heavy atom. The molecule has 2 rings (SSSR count). The molecule has 1 saturated carbocycles. The van der Waals surface area contributed by atoms with Gasteiger partial charge >= 0.3 is 0 Å². The van der Waals surface area contributed by atoms with Gasteiger partial charge in [-0.3, -0.25) is 11.3 Å². The topological polar surface area (TPSA) is 47.3 Å². The molecule has 1 unspecified atom stereocenters. The van der Waals surface area contributed by atoms with Crippen LogP contribution in [0.5, 0.6) is 5.75 Å². The highest BCUT2D eigenvalue weighted by Crippen LogP contribution is 2.47. The van der Waals surface area contributed by atoms with Crippen LogP contribution in [0.3, 0.4) is 0 Å². The van der Waals surface area contributed by atoms with Crippen molar-refractivity contribution in [2.45, 2.75) is 38.6 Å². The fraction of sp³-hybridized carbons (Fsp3) is 0.571. The SMILES string of the molecule is COc1ccc(C(NN)C2(C)CCCC2)cc1F. The van der Waals surface area contributed by atoms with Crippen molar-refractivity contribution in [2.24, 2.45) is 11.3 Å². The van der Waals surface area contributed by atoms with Gasteiger partial charge in [0.15, 0.2) is 11.6 Å². The van der Waals surface area contributed by atoms with Crippen LogP contribution in [0.4, 0.5) is 4.39 Å². The van der Waals surface area contributed by atoms with E-state index in [0.29, 0.717) is 0 Å². The molecule has 1 atom stereocenters. The van der Waals surface area contributed by atoms with Crippen LogP contribution < -0.4 is 16.0 Å². The predicted octanol–water partition coefficient (Wildman–Crippen LogP) is 2.92. The Bertz CT molecular complexity index is 416. The van der Waals surface area contributed by atoms with Gasteiger partial charge in [0.05, 0.1) is 13.2 Å². The number of ether oxygens (including phenoxy) is 1. The first-order valence-corrected chi connectivity index (χ1v) is 6.40. The minimum Gasteiger partial charge on any atom is -0.494 e. The van der Waals surface area contributed by atoms with Crippen LogP contribution in [0.1, 0.15) is 44.2 Å². The number of halogens is 1. The van der Waals surface area contributed by atoms with Crippen molar-refractivity contribution in [1.29, 1.82) is 0 Å². The van der Waals surface area contributed by atoms with Crippen molar-refractivity contribution in [1.82, 2.24) is 5.43 Å². The average molecular weight is 252 g/mol. The third kappa shape index (κ3) is 2.35. The molecule has 1 fully saturated rings. The molecule has 4 heteroatoms. The molecule has 0 amide bonds. The van der Waals surface area contributed by atoms with Crippen molar-refractivity contribution in [3.63, 3.8) is 0 Å². The first-order valence-electron chi connectivity index (χ1n) is 6.40. The van der Waals surface area contributed by atoms with Crippen molar-refractivity contribution < 1.29 is 9.13 Å². The molecule has 18 heavy (non-hydrogen) atoms. The summed E-state index contributed by atoms with van der Waals surface area (Å²) in [7, 11) is 1.47. The van der Waals surface area contributed by atoms with E-state index in [-0.39, 0.29) is 23.0 Å². The van der Waals surface area contributed by atoms with E-state index in [1.807, 2.05) is 6.07 Å². The molecule has 0 saturated heterocycles. The number of nitrogens with two attached hydrogens (primary N) is 1. The van der Waals surface area contributed by atoms with Gasteiger partial charge in [0, 0.05) is 0 Å². The quantitative estimate of drug-likeness (QED) is 0.640. The molecule has 1 aliphatic rings. The zero-order valence-electron chi connectivity index (χ0n) is 11.0. The van der Waals surface area contributed by atoms with Gasteiger partial charge in [0.1, 0.15) is 0 Å². The smallest absolute Gasteiger partial charge is 0.165 e. The number of rotatable bonds is 4. The van der Waals surface area contributed by atoms with Gasteiger partial charge in [-0.05, 0) is 36.0 Å². The van der Waals surface area contributed by atoms with E-state index in [1.54, 1.807) is 6.07 Å². The first kappa shape index (κ1) is 13.3. The predicted molar refractivity (Wildman–Crippen MR) is 69.6 cm³/mol. The van der Waals surface area contributed by atoms with Gasteiger partial charge in [-0.2, -0.15) is 0 Å². The van der Waals surface area contributed by atoms with Crippen LogP contribution in [0.25, 0.3) is 0 Å². The molecule has 0 bridgehead atoms. The Labute approximate surface area is 107 Å². The summed E-state index contributed by atoms with van der Waals surface area (Å²) in [4.78, 5) is 0. The maximum Gasteiger partial charge on any atom is 0.165 e.